The fourth-order valence-corrected chi connectivity index (χ4v) is 3.56. The molecule has 1 unspecified atom stereocenters. The summed E-state index contributed by atoms with van der Waals surface area (Å²) in [7, 11) is 7.77. The number of aromatic amines is 1. The van der Waals surface area contributed by atoms with E-state index in [4.69, 9.17) is 18.9 Å². The van der Waals surface area contributed by atoms with Gasteiger partial charge in [-0.1, -0.05) is 24.3 Å². The summed E-state index contributed by atoms with van der Waals surface area (Å²) >= 11 is 0. The van der Waals surface area contributed by atoms with Crippen LogP contribution in [0.4, 0.5) is 5.95 Å². The molecule has 0 fully saturated rings. The molecule has 1 amide bonds. The first-order valence-corrected chi connectivity index (χ1v) is 10.6. The highest BCUT2D eigenvalue weighted by molar-refractivity contribution is 5.90. The molecule has 0 saturated carbocycles. The fourth-order valence-electron chi connectivity index (χ4n) is 3.56. The Kier molecular flexibility index (Phi) is 7.95. The molecule has 0 spiro atoms. The van der Waals surface area contributed by atoms with Gasteiger partial charge in [-0.3, -0.25) is 14.6 Å². The number of nitrogens with zero attached hydrogens (tertiary/aromatic N) is 2. The molecule has 2 aromatic carbocycles. The molecule has 0 aliphatic heterocycles. The van der Waals surface area contributed by atoms with Gasteiger partial charge in [0.2, 0.25) is 17.6 Å². The number of amides is 1. The number of anilines is 1. The second-order valence-corrected chi connectivity index (χ2v) is 7.70. The van der Waals surface area contributed by atoms with Crippen molar-refractivity contribution in [3.05, 3.63) is 51.8 Å². The zero-order valence-electron chi connectivity index (χ0n) is 20.2. The number of aromatic nitrogens is 2. The monoisotopic (exact) mass is 470 g/mol. The number of H-pyrrole nitrogens is 1. The Morgan fingerprint density at radius 3 is 2.44 bits per heavy atom. The van der Waals surface area contributed by atoms with Crippen LogP contribution < -0.4 is 30.0 Å². The van der Waals surface area contributed by atoms with Crippen molar-refractivity contribution in [1.29, 1.82) is 0 Å². The number of carbonyl (C=O) groups is 1. The lowest BCUT2D eigenvalue weighted by molar-refractivity contribution is -0.130. The predicted octanol–water partition coefficient (Wildman–Crippen LogP) is 2.24. The molecule has 1 heterocycles. The molecule has 0 radical (unpaired) electrons. The van der Waals surface area contributed by atoms with Gasteiger partial charge in [0.25, 0.3) is 5.56 Å². The third kappa shape index (κ3) is 5.23. The average molecular weight is 471 g/mol. The van der Waals surface area contributed by atoms with Crippen LogP contribution in [0.2, 0.25) is 0 Å². The van der Waals surface area contributed by atoms with Crippen LogP contribution in [0, 0.1) is 0 Å². The van der Waals surface area contributed by atoms with Gasteiger partial charge in [0.1, 0.15) is 11.5 Å². The molecular weight excluding hydrogens is 440 g/mol. The summed E-state index contributed by atoms with van der Waals surface area (Å²) in [5, 5.41) is 3.13. The van der Waals surface area contributed by atoms with E-state index in [9.17, 15) is 9.59 Å². The Morgan fingerprint density at radius 1 is 1.09 bits per heavy atom. The Balaban J connectivity index is 1.86. The van der Waals surface area contributed by atoms with Gasteiger partial charge in [-0.2, -0.15) is 0 Å². The van der Waals surface area contributed by atoms with E-state index in [1.54, 1.807) is 13.0 Å². The topological polar surface area (TPSA) is 115 Å². The molecular formula is C24H30N4O6. The number of carbonyl (C=O) groups excluding carboxylic acids is 1. The van der Waals surface area contributed by atoms with Crippen molar-refractivity contribution >= 4 is 22.8 Å². The van der Waals surface area contributed by atoms with E-state index in [0.29, 0.717) is 36.1 Å². The molecule has 0 aliphatic carbocycles. The number of hydrogen-bond donors (Lipinski definition) is 2. The highest BCUT2D eigenvalue weighted by Gasteiger charge is 2.21. The van der Waals surface area contributed by atoms with Crippen LogP contribution in [-0.2, 0) is 22.6 Å². The Morgan fingerprint density at radius 2 is 1.79 bits per heavy atom. The predicted molar refractivity (Wildman–Crippen MR) is 129 cm³/mol. The summed E-state index contributed by atoms with van der Waals surface area (Å²) in [6.45, 7) is 2.56. The lowest BCUT2D eigenvalue weighted by Crippen LogP contribution is -2.33. The number of fused-ring (bicyclic) bond motifs is 1. The van der Waals surface area contributed by atoms with Crippen LogP contribution in [0.15, 0.2) is 35.1 Å². The van der Waals surface area contributed by atoms with Gasteiger partial charge in [-0.25, -0.2) is 4.98 Å². The van der Waals surface area contributed by atoms with Crippen molar-refractivity contribution in [2.75, 3.05) is 40.4 Å². The van der Waals surface area contributed by atoms with Gasteiger partial charge in [0.15, 0.2) is 11.5 Å². The number of hydrogen-bond acceptors (Lipinski definition) is 8. The van der Waals surface area contributed by atoms with Crippen LogP contribution in [0.25, 0.3) is 10.9 Å². The van der Waals surface area contributed by atoms with E-state index in [-0.39, 0.29) is 22.6 Å². The number of nitrogens with one attached hydrogen (secondary N) is 2. The summed E-state index contributed by atoms with van der Waals surface area (Å²) in [5.74, 6) is 1.22. The largest absolute Gasteiger partial charge is 0.493 e. The maximum atomic E-state index is 12.9. The molecule has 0 saturated heterocycles. The van der Waals surface area contributed by atoms with Gasteiger partial charge >= 0.3 is 0 Å². The first kappa shape index (κ1) is 24.8. The van der Waals surface area contributed by atoms with Crippen molar-refractivity contribution in [3.8, 4) is 17.2 Å². The van der Waals surface area contributed by atoms with Crippen LogP contribution in [0.3, 0.4) is 0 Å². The quantitative estimate of drug-likeness (QED) is 0.464. The van der Waals surface area contributed by atoms with Crippen molar-refractivity contribution in [2.45, 2.75) is 26.1 Å². The van der Waals surface area contributed by atoms with Crippen LogP contribution in [0.5, 0.6) is 17.2 Å². The average Bonchev–Trinajstić information content (AvgIpc) is 2.85. The van der Waals surface area contributed by atoms with E-state index in [0.717, 1.165) is 11.1 Å². The molecule has 0 bridgehead atoms. The van der Waals surface area contributed by atoms with E-state index >= 15 is 0 Å². The molecule has 3 aromatic rings. The summed E-state index contributed by atoms with van der Waals surface area (Å²) in [6, 6.07) is 9.46. The maximum Gasteiger partial charge on any atom is 0.264 e. The second-order valence-electron chi connectivity index (χ2n) is 7.70. The molecule has 10 nitrogen and oxygen atoms in total. The second kappa shape index (κ2) is 10.9. The van der Waals surface area contributed by atoms with E-state index < -0.39 is 6.10 Å². The lowest BCUT2D eigenvalue weighted by Gasteiger charge is -2.20. The van der Waals surface area contributed by atoms with Crippen LogP contribution >= 0.6 is 0 Å². The smallest absolute Gasteiger partial charge is 0.264 e. The maximum absolute atomic E-state index is 12.9. The zero-order valence-corrected chi connectivity index (χ0v) is 20.2. The normalized spacial score (nSPS) is 11.7. The van der Waals surface area contributed by atoms with Crippen LogP contribution in [-0.4, -0.2) is 57.5 Å². The highest BCUT2D eigenvalue weighted by atomic mass is 16.5. The SMILES string of the molecule is COc1cc2nc(N(C)Cc3cccc(CNC(=O)C(C)OC)c3)[nH]c(=O)c2c(OC)c1OC. The summed E-state index contributed by atoms with van der Waals surface area (Å²) in [5.41, 5.74) is 2.00. The number of methoxy groups -OCH3 is 4. The third-order valence-corrected chi connectivity index (χ3v) is 5.45. The van der Waals surface area contributed by atoms with Gasteiger partial charge < -0.3 is 29.2 Å². The fraction of sp³-hybridized carbons (Fsp3) is 0.375. The zero-order chi connectivity index (χ0) is 24.8. The van der Waals surface area contributed by atoms with Crippen molar-refractivity contribution < 1.29 is 23.7 Å². The summed E-state index contributed by atoms with van der Waals surface area (Å²) in [6.07, 6.45) is -0.512. The number of ether oxygens (including phenoxy) is 4. The van der Waals surface area contributed by atoms with Gasteiger partial charge in [0.05, 0.1) is 26.8 Å². The van der Waals surface area contributed by atoms with Gasteiger partial charge in [0, 0.05) is 33.3 Å². The molecule has 0 aliphatic rings. The van der Waals surface area contributed by atoms with E-state index in [1.165, 1.54) is 28.4 Å². The first-order chi connectivity index (χ1) is 16.3. The van der Waals surface area contributed by atoms with Crippen LogP contribution in [0.1, 0.15) is 18.1 Å². The molecule has 10 heteroatoms. The molecule has 3 rings (SSSR count). The van der Waals surface area contributed by atoms with Crippen molar-refractivity contribution in [3.63, 3.8) is 0 Å². The minimum absolute atomic E-state index is 0.176. The minimum atomic E-state index is -0.512. The van der Waals surface area contributed by atoms with Crippen molar-refractivity contribution in [1.82, 2.24) is 15.3 Å². The van der Waals surface area contributed by atoms with E-state index in [2.05, 4.69) is 15.3 Å². The minimum Gasteiger partial charge on any atom is -0.493 e. The molecule has 1 aromatic heterocycles. The Hall–Kier alpha value is -3.79. The first-order valence-electron chi connectivity index (χ1n) is 10.6. The summed E-state index contributed by atoms with van der Waals surface area (Å²) in [4.78, 5) is 34.2. The third-order valence-electron chi connectivity index (χ3n) is 5.45. The number of rotatable bonds is 10. The molecule has 1 atom stereocenters. The Bertz CT molecular complexity index is 1230. The Labute approximate surface area is 197 Å². The molecule has 182 valence electrons. The molecule has 2 N–H and O–H groups in total. The van der Waals surface area contributed by atoms with Gasteiger partial charge in [-0.05, 0) is 18.1 Å². The van der Waals surface area contributed by atoms with E-state index in [1.807, 2.05) is 36.2 Å². The molecule has 34 heavy (non-hydrogen) atoms. The highest BCUT2D eigenvalue weighted by Crippen LogP contribution is 2.41. The van der Waals surface area contributed by atoms with Gasteiger partial charge in [-0.15, -0.1) is 0 Å². The standard InChI is InChI=1S/C24H30N4O6/c1-14(31-3)22(29)25-12-15-8-7-9-16(10-15)13-28(2)24-26-17-11-18(32-4)20(33-5)21(34-6)19(17)23(30)27-24/h7-11,14H,12-13H2,1-6H3,(H,25,29)(H,26,27,30). The summed E-state index contributed by atoms with van der Waals surface area (Å²) < 4.78 is 21.2. The lowest BCUT2D eigenvalue weighted by atomic mass is 10.1. The van der Waals surface area contributed by atoms with Crippen molar-refractivity contribution in [2.24, 2.45) is 0 Å². The number of benzene rings is 2.